The molecule has 0 fully saturated rings. The fourth-order valence-corrected chi connectivity index (χ4v) is 4.73. The van der Waals surface area contributed by atoms with Crippen LogP contribution in [0.5, 0.6) is 0 Å². The van der Waals surface area contributed by atoms with E-state index < -0.39 is 0 Å². The third-order valence-electron chi connectivity index (χ3n) is 5.91. The van der Waals surface area contributed by atoms with Crippen molar-refractivity contribution in [2.24, 2.45) is 0 Å². The minimum atomic E-state index is -0.0519. The third kappa shape index (κ3) is 2.65. The number of hydrogen-bond acceptors (Lipinski definition) is 1. The van der Waals surface area contributed by atoms with Gasteiger partial charge in [-0.2, -0.15) is 0 Å². The molecule has 1 aliphatic rings. The highest BCUT2D eigenvalue weighted by Gasteiger charge is 2.39. The van der Waals surface area contributed by atoms with Gasteiger partial charge in [0, 0.05) is 17.2 Å². The van der Waals surface area contributed by atoms with E-state index in [2.05, 4.69) is 88.2 Å². The standard InChI is InChI=1S/C26H27N/c1-6-7-10-19-13-15-20-21-14-12-17(2)23(22-11-8-9-16-27-22)25(21)26(4,5)24(20)18(19)3/h7-16H,6H2,1-5H3/b10-7-. The molecule has 0 amide bonds. The number of aromatic nitrogens is 1. The van der Waals surface area contributed by atoms with Gasteiger partial charge in [-0.15, -0.1) is 0 Å². The van der Waals surface area contributed by atoms with Gasteiger partial charge >= 0.3 is 0 Å². The predicted molar refractivity (Wildman–Crippen MR) is 116 cm³/mol. The summed E-state index contributed by atoms with van der Waals surface area (Å²) in [5.41, 5.74) is 11.9. The van der Waals surface area contributed by atoms with Gasteiger partial charge in [0.25, 0.3) is 0 Å². The number of hydrogen-bond donors (Lipinski definition) is 0. The molecule has 0 bridgehead atoms. The highest BCUT2D eigenvalue weighted by Crippen LogP contribution is 2.54. The van der Waals surface area contributed by atoms with Crippen molar-refractivity contribution in [2.75, 3.05) is 0 Å². The van der Waals surface area contributed by atoms with E-state index in [1.54, 1.807) is 0 Å². The molecule has 1 heterocycles. The van der Waals surface area contributed by atoms with Crippen LogP contribution < -0.4 is 0 Å². The Kier molecular flexibility index (Phi) is 4.26. The molecule has 4 rings (SSSR count). The monoisotopic (exact) mass is 353 g/mol. The second-order valence-corrected chi connectivity index (χ2v) is 8.03. The van der Waals surface area contributed by atoms with Gasteiger partial charge in [0.1, 0.15) is 0 Å². The molecule has 0 unspecified atom stereocenters. The molecular formula is C26H27N. The van der Waals surface area contributed by atoms with E-state index in [1.165, 1.54) is 44.5 Å². The van der Waals surface area contributed by atoms with Gasteiger partial charge < -0.3 is 0 Å². The number of benzene rings is 2. The summed E-state index contributed by atoms with van der Waals surface area (Å²) in [7, 11) is 0. The summed E-state index contributed by atoms with van der Waals surface area (Å²) in [6.07, 6.45) is 7.46. The quantitative estimate of drug-likeness (QED) is 0.489. The maximum Gasteiger partial charge on any atom is 0.0707 e. The van der Waals surface area contributed by atoms with Crippen LogP contribution in [0.3, 0.4) is 0 Å². The highest BCUT2D eigenvalue weighted by molar-refractivity contribution is 5.90. The Labute approximate surface area is 162 Å². The molecule has 1 aliphatic carbocycles. The Morgan fingerprint density at radius 2 is 1.67 bits per heavy atom. The third-order valence-corrected chi connectivity index (χ3v) is 5.91. The molecule has 0 spiro atoms. The Hall–Kier alpha value is -2.67. The van der Waals surface area contributed by atoms with Crippen LogP contribution in [-0.4, -0.2) is 4.98 Å². The highest BCUT2D eigenvalue weighted by atomic mass is 14.7. The molecule has 0 saturated carbocycles. The van der Waals surface area contributed by atoms with Gasteiger partial charge in [-0.05, 0) is 71.3 Å². The summed E-state index contributed by atoms with van der Waals surface area (Å²) in [5.74, 6) is 0. The van der Waals surface area contributed by atoms with Gasteiger partial charge in [0.05, 0.1) is 5.69 Å². The number of pyridine rings is 1. The van der Waals surface area contributed by atoms with E-state index in [9.17, 15) is 0 Å². The van der Waals surface area contributed by atoms with Crippen LogP contribution in [0, 0.1) is 13.8 Å². The van der Waals surface area contributed by atoms with Crippen LogP contribution in [0.1, 0.15) is 55.0 Å². The van der Waals surface area contributed by atoms with E-state index in [1.807, 2.05) is 12.3 Å². The van der Waals surface area contributed by atoms with Crippen molar-refractivity contribution in [1.29, 1.82) is 0 Å². The topological polar surface area (TPSA) is 12.9 Å². The zero-order valence-electron chi connectivity index (χ0n) is 16.9. The maximum atomic E-state index is 4.69. The van der Waals surface area contributed by atoms with Crippen molar-refractivity contribution in [1.82, 2.24) is 4.98 Å². The van der Waals surface area contributed by atoms with Gasteiger partial charge in [-0.25, -0.2) is 0 Å². The lowest BCUT2D eigenvalue weighted by Gasteiger charge is -2.27. The van der Waals surface area contributed by atoms with Crippen LogP contribution in [0.25, 0.3) is 28.5 Å². The summed E-state index contributed by atoms with van der Waals surface area (Å²) >= 11 is 0. The summed E-state index contributed by atoms with van der Waals surface area (Å²) in [5, 5.41) is 0. The number of allylic oxidation sites excluding steroid dienone is 1. The minimum Gasteiger partial charge on any atom is -0.256 e. The number of aryl methyl sites for hydroxylation is 1. The van der Waals surface area contributed by atoms with Crippen molar-refractivity contribution in [3.8, 4) is 22.4 Å². The average Bonchev–Trinajstić information content (AvgIpc) is 2.90. The fraction of sp³-hybridized carbons (Fsp3) is 0.269. The first-order chi connectivity index (χ1) is 13.0. The molecule has 0 radical (unpaired) electrons. The van der Waals surface area contributed by atoms with Crippen LogP contribution >= 0.6 is 0 Å². The molecule has 1 aromatic heterocycles. The van der Waals surface area contributed by atoms with Crippen molar-refractivity contribution in [3.63, 3.8) is 0 Å². The molecular weight excluding hydrogens is 326 g/mol. The summed E-state index contributed by atoms with van der Waals surface area (Å²) in [4.78, 5) is 4.69. The number of fused-ring (bicyclic) bond motifs is 3. The van der Waals surface area contributed by atoms with Crippen molar-refractivity contribution in [2.45, 2.75) is 46.5 Å². The first-order valence-corrected chi connectivity index (χ1v) is 9.83. The summed E-state index contributed by atoms with van der Waals surface area (Å²) in [6.45, 7) is 11.4. The van der Waals surface area contributed by atoms with Crippen molar-refractivity contribution in [3.05, 3.63) is 82.6 Å². The number of rotatable bonds is 3. The maximum absolute atomic E-state index is 4.69. The van der Waals surface area contributed by atoms with Gasteiger partial charge in [-0.3, -0.25) is 4.98 Å². The molecule has 3 aromatic rings. The lowest BCUT2D eigenvalue weighted by molar-refractivity contribution is 0.656. The number of nitrogens with zero attached hydrogens (tertiary/aromatic N) is 1. The minimum absolute atomic E-state index is 0.0519. The van der Waals surface area contributed by atoms with Crippen molar-refractivity contribution < 1.29 is 0 Å². The predicted octanol–water partition coefficient (Wildman–Crippen LogP) is 7.09. The molecule has 136 valence electrons. The Morgan fingerprint density at radius 3 is 2.37 bits per heavy atom. The normalized spacial score (nSPS) is 14.4. The molecule has 0 aliphatic heterocycles. The van der Waals surface area contributed by atoms with E-state index in [0.717, 1.165) is 12.1 Å². The summed E-state index contributed by atoms with van der Waals surface area (Å²) in [6, 6.07) is 15.3. The second kappa shape index (κ2) is 6.49. The van der Waals surface area contributed by atoms with Gasteiger partial charge in [-0.1, -0.05) is 63.3 Å². The lowest BCUT2D eigenvalue weighted by Crippen LogP contribution is -2.18. The molecule has 1 heteroatoms. The van der Waals surface area contributed by atoms with Gasteiger partial charge in [0.2, 0.25) is 0 Å². The zero-order chi connectivity index (χ0) is 19.2. The van der Waals surface area contributed by atoms with Crippen LogP contribution in [0.4, 0.5) is 0 Å². The van der Waals surface area contributed by atoms with Crippen LogP contribution in [0.2, 0.25) is 0 Å². The molecule has 27 heavy (non-hydrogen) atoms. The average molecular weight is 354 g/mol. The SMILES string of the molecule is CC/C=C\c1ccc2c(c1C)C(C)(C)c1c-2ccc(C)c1-c1ccccn1. The molecule has 0 N–H and O–H groups in total. The van der Waals surface area contributed by atoms with E-state index >= 15 is 0 Å². The molecule has 2 aromatic carbocycles. The zero-order valence-corrected chi connectivity index (χ0v) is 16.9. The van der Waals surface area contributed by atoms with Crippen LogP contribution in [-0.2, 0) is 5.41 Å². The van der Waals surface area contributed by atoms with E-state index in [0.29, 0.717) is 0 Å². The second-order valence-electron chi connectivity index (χ2n) is 8.03. The molecule has 1 nitrogen and oxygen atoms in total. The fourth-order valence-electron chi connectivity index (χ4n) is 4.73. The first kappa shape index (κ1) is 17.7. The molecule has 0 atom stereocenters. The lowest BCUT2D eigenvalue weighted by atomic mass is 9.76. The van der Waals surface area contributed by atoms with Crippen molar-refractivity contribution >= 4 is 6.08 Å². The van der Waals surface area contributed by atoms with E-state index in [-0.39, 0.29) is 5.41 Å². The van der Waals surface area contributed by atoms with E-state index in [4.69, 9.17) is 0 Å². The molecule has 0 saturated heterocycles. The largest absolute Gasteiger partial charge is 0.256 e. The first-order valence-electron chi connectivity index (χ1n) is 9.83. The summed E-state index contributed by atoms with van der Waals surface area (Å²) < 4.78 is 0. The van der Waals surface area contributed by atoms with Gasteiger partial charge in [0.15, 0.2) is 0 Å². The Morgan fingerprint density at radius 1 is 0.926 bits per heavy atom. The Bertz CT molecular complexity index is 1040. The van der Waals surface area contributed by atoms with Crippen LogP contribution in [0.15, 0.2) is 54.7 Å². The Balaban J connectivity index is 2.02. The smallest absolute Gasteiger partial charge is 0.0707 e.